The third-order valence-corrected chi connectivity index (χ3v) is 3.57. The van der Waals surface area contributed by atoms with Gasteiger partial charge in [-0.05, 0) is 24.3 Å². The molecule has 86 valence electrons. The van der Waals surface area contributed by atoms with Gasteiger partial charge < -0.3 is 0 Å². The molecule has 1 saturated heterocycles. The molecule has 0 aromatic heterocycles. The van der Waals surface area contributed by atoms with Crippen LogP contribution in [0.25, 0.3) is 0 Å². The topological polar surface area (TPSA) is 3.24 Å². The number of hydrogen-bond acceptors (Lipinski definition) is 1. The third kappa shape index (κ3) is 2.53. The van der Waals surface area contributed by atoms with Gasteiger partial charge in [0.05, 0.1) is 0 Å². The Bertz CT molecular complexity index is 355. The fourth-order valence-electron chi connectivity index (χ4n) is 2.68. The van der Waals surface area contributed by atoms with Crippen molar-refractivity contribution >= 4 is 0 Å². The second-order valence-electron chi connectivity index (χ2n) is 5.11. The van der Waals surface area contributed by atoms with Crippen molar-refractivity contribution in [2.45, 2.75) is 20.4 Å². The van der Waals surface area contributed by atoms with Gasteiger partial charge in [-0.25, -0.2) is 0 Å². The minimum Gasteiger partial charge on any atom is -0.298 e. The highest BCUT2D eigenvalue weighted by molar-refractivity contribution is 5.15. The van der Waals surface area contributed by atoms with Crippen molar-refractivity contribution in [3.63, 3.8) is 0 Å². The first-order valence-corrected chi connectivity index (χ1v) is 6.08. The highest BCUT2D eigenvalue weighted by Gasteiger charge is 2.29. The van der Waals surface area contributed by atoms with E-state index in [-0.39, 0.29) is 0 Å². The number of benzene rings is 1. The summed E-state index contributed by atoms with van der Waals surface area (Å²) in [6.07, 6.45) is 0. The lowest BCUT2D eigenvalue weighted by Crippen LogP contribution is -2.20. The molecule has 0 unspecified atom stereocenters. The van der Waals surface area contributed by atoms with E-state index < -0.39 is 0 Å². The molecule has 2 atom stereocenters. The number of likely N-dealkylation sites (tertiary alicyclic amines) is 1. The Hall–Kier alpha value is -1.08. The zero-order valence-electron chi connectivity index (χ0n) is 10.3. The largest absolute Gasteiger partial charge is 0.298 e. The highest BCUT2D eigenvalue weighted by Crippen LogP contribution is 2.28. The Morgan fingerprint density at radius 2 is 2.00 bits per heavy atom. The van der Waals surface area contributed by atoms with E-state index in [4.69, 9.17) is 0 Å². The molecule has 16 heavy (non-hydrogen) atoms. The molecule has 0 N–H and O–H groups in total. The first-order valence-electron chi connectivity index (χ1n) is 6.08. The summed E-state index contributed by atoms with van der Waals surface area (Å²) in [6.45, 7) is 12.1. The van der Waals surface area contributed by atoms with Gasteiger partial charge in [0, 0.05) is 19.6 Å². The lowest BCUT2D eigenvalue weighted by Gasteiger charge is -2.16. The van der Waals surface area contributed by atoms with Gasteiger partial charge in [-0.3, -0.25) is 4.90 Å². The van der Waals surface area contributed by atoms with E-state index in [0.717, 1.165) is 12.5 Å². The molecular weight excluding hydrogens is 194 g/mol. The quantitative estimate of drug-likeness (QED) is 0.699. The first-order chi connectivity index (χ1) is 7.66. The van der Waals surface area contributed by atoms with E-state index in [2.05, 4.69) is 55.7 Å². The van der Waals surface area contributed by atoms with Crippen LogP contribution >= 0.6 is 0 Å². The predicted octanol–water partition coefficient (Wildman–Crippen LogP) is 3.33. The molecule has 0 saturated carbocycles. The van der Waals surface area contributed by atoms with E-state index in [0.29, 0.717) is 5.92 Å². The van der Waals surface area contributed by atoms with Crippen LogP contribution in [0.15, 0.2) is 42.5 Å². The van der Waals surface area contributed by atoms with Crippen LogP contribution < -0.4 is 0 Å². The molecule has 0 bridgehead atoms. The van der Waals surface area contributed by atoms with Gasteiger partial charge in [0.15, 0.2) is 0 Å². The predicted molar refractivity (Wildman–Crippen MR) is 69.2 cm³/mol. The first kappa shape index (κ1) is 11.4. The van der Waals surface area contributed by atoms with Crippen molar-refractivity contribution in [2.24, 2.45) is 11.8 Å². The van der Waals surface area contributed by atoms with Gasteiger partial charge >= 0.3 is 0 Å². The summed E-state index contributed by atoms with van der Waals surface area (Å²) in [5, 5.41) is 0. The fraction of sp³-hybridized carbons (Fsp3) is 0.467. The van der Waals surface area contributed by atoms with Gasteiger partial charge in [-0.1, -0.05) is 49.4 Å². The highest BCUT2D eigenvalue weighted by atomic mass is 15.1. The molecule has 1 aromatic carbocycles. The molecule has 1 fully saturated rings. The minimum atomic E-state index is 0.684. The van der Waals surface area contributed by atoms with Crippen molar-refractivity contribution in [1.29, 1.82) is 0 Å². The summed E-state index contributed by atoms with van der Waals surface area (Å²) in [7, 11) is 0. The van der Waals surface area contributed by atoms with Crippen LogP contribution in [0.2, 0.25) is 0 Å². The Morgan fingerprint density at radius 3 is 2.56 bits per heavy atom. The van der Waals surface area contributed by atoms with Crippen LogP contribution in [0.3, 0.4) is 0 Å². The van der Waals surface area contributed by atoms with Crippen molar-refractivity contribution in [1.82, 2.24) is 4.90 Å². The van der Waals surface area contributed by atoms with Crippen LogP contribution in [0.5, 0.6) is 0 Å². The molecule has 0 radical (unpaired) electrons. The lowest BCUT2D eigenvalue weighted by molar-refractivity contribution is 0.317. The Morgan fingerprint density at radius 1 is 1.31 bits per heavy atom. The Labute approximate surface area is 98.8 Å². The second kappa shape index (κ2) is 4.84. The average Bonchev–Trinajstić information content (AvgIpc) is 2.61. The normalized spacial score (nSPS) is 25.9. The van der Waals surface area contributed by atoms with Crippen molar-refractivity contribution < 1.29 is 0 Å². The molecule has 1 aliphatic rings. The van der Waals surface area contributed by atoms with E-state index in [1.165, 1.54) is 24.2 Å². The number of nitrogens with zero attached hydrogens (tertiary/aromatic N) is 1. The molecule has 1 aliphatic heterocycles. The molecule has 1 aromatic rings. The van der Waals surface area contributed by atoms with Crippen LogP contribution in [0, 0.1) is 11.8 Å². The van der Waals surface area contributed by atoms with Crippen LogP contribution in [0.4, 0.5) is 0 Å². The van der Waals surface area contributed by atoms with E-state index >= 15 is 0 Å². The number of rotatable bonds is 3. The smallest absolute Gasteiger partial charge is 0.0234 e. The summed E-state index contributed by atoms with van der Waals surface area (Å²) in [5.41, 5.74) is 2.75. The monoisotopic (exact) mass is 215 g/mol. The zero-order valence-corrected chi connectivity index (χ0v) is 10.3. The molecule has 0 aliphatic carbocycles. The van der Waals surface area contributed by atoms with E-state index in [1.54, 1.807) is 0 Å². The van der Waals surface area contributed by atoms with Crippen LogP contribution in [-0.2, 0) is 6.54 Å². The van der Waals surface area contributed by atoms with Crippen LogP contribution in [0.1, 0.15) is 19.4 Å². The Balaban J connectivity index is 1.96. The SMILES string of the molecule is C=C(C)[C@H]1CN(Cc2ccccc2)C[C@H]1C. The second-order valence-corrected chi connectivity index (χ2v) is 5.11. The van der Waals surface area contributed by atoms with Gasteiger partial charge in [0.25, 0.3) is 0 Å². The maximum Gasteiger partial charge on any atom is 0.0234 e. The third-order valence-electron chi connectivity index (χ3n) is 3.57. The molecule has 1 heterocycles. The molecular formula is C15H21N. The molecule has 2 rings (SSSR count). The minimum absolute atomic E-state index is 0.684. The lowest BCUT2D eigenvalue weighted by atomic mass is 9.92. The standard InChI is InChI=1S/C15H21N/c1-12(2)15-11-16(9-13(15)3)10-14-7-5-4-6-8-14/h4-8,13,15H,1,9-11H2,2-3H3/t13-,15-/m1/s1. The Kier molecular flexibility index (Phi) is 3.45. The molecule has 0 amide bonds. The number of hydrogen-bond donors (Lipinski definition) is 0. The summed E-state index contributed by atoms with van der Waals surface area (Å²) >= 11 is 0. The molecule has 1 heteroatoms. The van der Waals surface area contributed by atoms with Gasteiger partial charge in [0.1, 0.15) is 0 Å². The summed E-state index contributed by atoms with van der Waals surface area (Å²) in [5.74, 6) is 1.44. The fourth-order valence-corrected chi connectivity index (χ4v) is 2.68. The maximum atomic E-state index is 4.10. The van der Waals surface area contributed by atoms with Crippen molar-refractivity contribution in [3.8, 4) is 0 Å². The maximum absolute atomic E-state index is 4.10. The molecule has 0 spiro atoms. The summed E-state index contributed by atoms with van der Waals surface area (Å²) in [6, 6.07) is 10.7. The summed E-state index contributed by atoms with van der Waals surface area (Å²) < 4.78 is 0. The van der Waals surface area contributed by atoms with E-state index in [9.17, 15) is 0 Å². The van der Waals surface area contributed by atoms with Gasteiger partial charge in [-0.2, -0.15) is 0 Å². The molecule has 1 nitrogen and oxygen atoms in total. The van der Waals surface area contributed by atoms with Crippen molar-refractivity contribution in [3.05, 3.63) is 48.0 Å². The summed E-state index contributed by atoms with van der Waals surface area (Å²) in [4.78, 5) is 2.54. The average molecular weight is 215 g/mol. The van der Waals surface area contributed by atoms with Gasteiger partial charge in [0.2, 0.25) is 0 Å². The van der Waals surface area contributed by atoms with Gasteiger partial charge in [-0.15, -0.1) is 0 Å². The van der Waals surface area contributed by atoms with Crippen molar-refractivity contribution in [2.75, 3.05) is 13.1 Å². The van der Waals surface area contributed by atoms with E-state index in [1.807, 2.05) is 0 Å². The zero-order chi connectivity index (χ0) is 11.5. The van der Waals surface area contributed by atoms with Crippen LogP contribution in [-0.4, -0.2) is 18.0 Å².